The van der Waals surface area contributed by atoms with Crippen LogP contribution in [0.1, 0.15) is 31.2 Å². The van der Waals surface area contributed by atoms with Gasteiger partial charge in [-0.25, -0.2) is 0 Å². The Hall–Kier alpha value is -1.45. The number of fused-ring (bicyclic) bond motifs is 1. The fourth-order valence-corrected chi connectivity index (χ4v) is 3.10. The maximum atomic E-state index is 9.52. The fourth-order valence-electron chi connectivity index (χ4n) is 3.10. The van der Waals surface area contributed by atoms with Crippen LogP contribution in [0.15, 0.2) is 36.7 Å². The molecule has 2 aromatic rings. The Bertz CT molecular complexity index is 556. The summed E-state index contributed by atoms with van der Waals surface area (Å²) in [6, 6.07) is 8.47. The Labute approximate surface area is 120 Å². The van der Waals surface area contributed by atoms with Crippen LogP contribution in [0.5, 0.6) is 0 Å². The highest BCUT2D eigenvalue weighted by Gasteiger charge is 2.18. The van der Waals surface area contributed by atoms with Crippen molar-refractivity contribution in [3.8, 4) is 0 Å². The molecule has 1 fully saturated rings. The first-order valence-corrected chi connectivity index (χ1v) is 7.53. The number of hydrogen-bond donors (Lipinski definition) is 2. The summed E-state index contributed by atoms with van der Waals surface area (Å²) in [5, 5.41) is 15.6. The monoisotopic (exact) mass is 270 g/mol. The van der Waals surface area contributed by atoms with Crippen LogP contribution in [-0.2, 0) is 6.54 Å². The van der Waals surface area contributed by atoms with Gasteiger partial charge in [0.25, 0.3) is 0 Å². The average molecular weight is 270 g/mol. The van der Waals surface area contributed by atoms with Gasteiger partial charge in [-0.3, -0.25) is 4.98 Å². The van der Waals surface area contributed by atoms with Gasteiger partial charge in [0.2, 0.25) is 0 Å². The van der Waals surface area contributed by atoms with Gasteiger partial charge in [-0.1, -0.05) is 18.2 Å². The highest BCUT2D eigenvalue weighted by molar-refractivity contribution is 5.84. The second kappa shape index (κ2) is 6.33. The topological polar surface area (TPSA) is 45.1 Å². The number of aliphatic hydroxyl groups is 1. The van der Waals surface area contributed by atoms with Gasteiger partial charge < -0.3 is 10.4 Å². The van der Waals surface area contributed by atoms with Crippen molar-refractivity contribution in [3.05, 3.63) is 42.2 Å². The van der Waals surface area contributed by atoms with E-state index < -0.39 is 0 Å². The van der Waals surface area contributed by atoms with Crippen molar-refractivity contribution in [2.75, 3.05) is 6.54 Å². The van der Waals surface area contributed by atoms with Gasteiger partial charge in [-0.15, -0.1) is 0 Å². The molecule has 1 saturated carbocycles. The van der Waals surface area contributed by atoms with E-state index in [1.165, 1.54) is 16.3 Å². The van der Waals surface area contributed by atoms with Crippen LogP contribution < -0.4 is 5.32 Å². The Morgan fingerprint density at radius 2 is 2.00 bits per heavy atom. The van der Waals surface area contributed by atoms with Crippen LogP contribution in [0.25, 0.3) is 10.8 Å². The minimum absolute atomic E-state index is 0.0585. The van der Waals surface area contributed by atoms with E-state index in [0.717, 1.165) is 44.7 Å². The molecule has 3 rings (SSSR count). The van der Waals surface area contributed by atoms with Gasteiger partial charge in [-0.05, 0) is 55.2 Å². The van der Waals surface area contributed by atoms with Gasteiger partial charge in [0.15, 0.2) is 0 Å². The molecule has 0 aliphatic heterocycles. The summed E-state index contributed by atoms with van der Waals surface area (Å²) in [6.45, 7) is 1.95. The van der Waals surface area contributed by atoms with E-state index in [4.69, 9.17) is 0 Å². The molecule has 0 saturated heterocycles. The second-order valence-corrected chi connectivity index (χ2v) is 5.82. The van der Waals surface area contributed by atoms with E-state index in [9.17, 15) is 5.11 Å². The summed E-state index contributed by atoms with van der Waals surface area (Å²) in [5.74, 6) is 0.718. The number of pyridine rings is 1. The number of benzene rings is 1. The summed E-state index contributed by atoms with van der Waals surface area (Å²) in [7, 11) is 0. The largest absolute Gasteiger partial charge is 0.393 e. The fraction of sp³-hybridized carbons (Fsp3) is 0.471. The lowest BCUT2D eigenvalue weighted by atomic mass is 9.87. The SMILES string of the molecule is OC1CCC(CNCc2cccc3cnccc23)CC1. The molecule has 20 heavy (non-hydrogen) atoms. The molecule has 1 aliphatic carbocycles. The van der Waals surface area contributed by atoms with E-state index in [1.54, 1.807) is 0 Å². The van der Waals surface area contributed by atoms with Gasteiger partial charge in [0.1, 0.15) is 0 Å². The molecule has 0 unspecified atom stereocenters. The third-order valence-electron chi connectivity index (χ3n) is 4.34. The van der Waals surface area contributed by atoms with E-state index in [-0.39, 0.29) is 6.10 Å². The number of nitrogens with zero attached hydrogens (tertiary/aromatic N) is 1. The summed E-state index contributed by atoms with van der Waals surface area (Å²) < 4.78 is 0. The van der Waals surface area contributed by atoms with Crippen LogP contribution in [0.3, 0.4) is 0 Å². The number of aromatic nitrogens is 1. The summed E-state index contributed by atoms with van der Waals surface area (Å²) >= 11 is 0. The summed E-state index contributed by atoms with van der Waals surface area (Å²) in [5.41, 5.74) is 1.33. The molecule has 106 valence electrons. The van der Waals surface area contributed by atoms with Gasteiger partial charge in [0.05, 0.1) is 6.10 Å². The molecule has 0 amide bonds. The molecular formula is C17H22N2O. The van der Waals surface area contributed by atoms with Gasteiger partial charge in [0, 0.05) is 24.3 Å². The molecule has 1 aliphatic rings. The minimum atomic E-state index is -0.0585. The highest BCUT2D eigenvalue weighted by Crippen LogP contribution is 2.23. The molecule has 0 radical (unpaired) electrons. The Balaban J connectivity index is 1.57. The number of aliphatic hydroxyl groups excluding tert-OH is 1. The molecule has 0 atom stereocenters. The Morgan fingerprint density at radius 3 is 2.85 bits per heavy atom. The van der Waals surface area contributed by atoms with Crippen LogP contribution in [0.4, 0.5) is 0 Å². The van der Waals surface area contributed by atoms with Gasteiger partial charge >= 0.3 is 0 Å². The van der Waals surface area contributed by atoms with Crippen LogP contribution in [0, 0.1) is 5.92 Å². The molecular weight excluding hydrogens is 248 g/mol. The predicted octanol–water partition coefficient (Wildman–Crippen LogP) is 2.88. The lowest BCUT2D eigenvalue weighted by molar-refractivity contribution is 0.108. The van der Waals surface area contributed by atoms with Crippen molar-refractivity contribution in [2.45, 2.75) is 38.3 Å². The number of rotatable bonds is 4. The average Bonchev–Trinajstić information content (AvgIpc) is 2.49. The lowest BCUT2D eigenvalue weighted by Crippen LogP contribution is -2.27. The minimum Gasteiger partial charge on any atom is -0.393 e. The van der Waals surface area contributed by atoms with E-state index in [1.807, 2.05) is 12.4 Å². The Kier molecular flexibility index (Phi) is 4.28. The predicted molar refractivity (Wildman–Crippen MR) is 81.4 cm³/mol. The van der Waals surface area contributed by atoms with E-state index in [0.29, 0.717) is 0 Å². The molecule has 0 bridgehead atoms. The molecule has 2 N–H and O–H groups in total. The van der Waals surface area contributed by atoms with E-state index >= 15 is 0 Å². The zero-order valence-electron chi connectivity index (χ0n) is 11.8. The Morgan fingerprint density at radius 1 is 1.15 bits per heavy atom. The lowest BCUT2D eigenvalue weighted by Gasteiger charge is -2.25. The third-order valence-corrected chi connectivity index (χ3v) is 4.34. The van der Waals surface area contributed by atoms with E-state index in [2.05, 4.69) is 34.6 Å². The van der Waals surface area contributed by atoms with Gasteiger partial charge in [-0.2, -0.15) is 0 Å². The standard InChI is InChI=1S/C17H22N2O/c20-16-6-4-13(5-7-16)10-19-12-15-3-1-2-14-11-18-9-8-17(14)15/h1-3,8-9,11,13,16,19-20H,4-7,10,12H2. The third kappa shape index (κ3) is 3.17. The maximum Gasteiger partial charge on any atom is 0.0540 e. The summed E-state index contributed by atoms with van der Waals surface area (Å²) in [6.07, 6.45) is 7.94. The molecule has 1 aromatic heterocycles. The molecule has 0 spiro atoms. The smallest absolute Gasteiger partial charge is 0.0540 e. The first-order valence-electron chi connectivity index (χ1n) is 7.53. The first kappa shape index (κ1) is 13.5. The first-order chi connectivity index (χ1) is 9.83. The normalized spacial score (nSPS) is 23.1. The molecule has 3 nitrogen and oxygen atoms in total. The highest BCUT2D eigenvalue weighted by atomic mass is 16.3. The zero-order valence-corrected chi connectivity index (χ0v) is 11.8. The van der Waals surface area contributed by atoms with Crippen LogP contribution >= 0.6 is 0 Å². The van der Waals surface area contributed by atoms with Crippen LogP contribution in [0.2, 0.25) is 0 Å². The summed E-state index contributed by atoms with van der Waals surface area (Å²) in [4.78, 5) is 4.17. The van der Waals surface area contributed by atoms with Crippen molar-refractivity contribution in [3.63, 3.8) is 0 Å². The zero-order chi connectivity index (χ0) is 13.8. The maximum absolute atomic E-state index is 9.52. The quantitative estimate of drug-likeness (QED) is 0.898. The van der Waals surface area contributed by atoms with Crippen molar-refractivity contribution in [2.24, 2.45) is 5.92 Å². The molecule has 1 heterocycles. The van der Waals surface area contributed by atoms with Crippen molar-refractivity contribution in [1.82, 2.24) is 10.3 Å². The number of hydrogen-bond acceptors (Lipinski definition) is 3. The molecule has 1 aromatic carbocycles. The van der Waals surface area contributed by atoms with Crippen molar-refractivity contribution >= 4 is 10.8 Å². The molecule has 3 heteroatoms. The van der Waals surface area contributed by atoms with Crippen molar-refractivity contribution < 1.29 is 5.11 Å². The number of nitrogens with one attached hydrogen (secondary N) is 1. The van der Waals surface area contributed by atoms with Crippen molar-refractivity contribution in [1.29, 1.82) is 0 Å². The second-order valence-electron chi connectivity index (χ2n) is 5.82. The van der Waals surface area contributed by atoms with Crippen LogP contribution in [-0.4, -0.2) is 22.7 Å².